The van der Waals surface area contributed by atoms with E-state index in [0.717, 1.165) is 0 Å². The minimum Gasteiger partial charge on any atom is -0.456 e. The van der Waals surface area contributed by atoms with E-state index in [2.05, 4.69) is 5.32 Å². The fourth-order valence-electron chi connectivity index (χ4n) is 9.83. The first kappa shape index (κ1) is 50.7. The lowest BCUT2D eigenvalue weighted by Gasteiger charge is -2.46. The number of amides is 5. The van der Waals surface area contributed by atoms with Crippen LogP contribution in [0.25, 0.3) is 0 Å². The van der Waals surface area contributed by atoms with Gasteiger partial charge in [0.25, 0.3) is 17.1 Å². The highest BCUT2D eigenvalue weighted by molar-refractivity contribution is 8.03. The van der Waals surface area contributed by atoms with Crippen molar-refractivity contribution in [1.29, 1.82) is 0 Å². The summed E-state index contributed by atoms with van der Waals surface area (Å²) in [5, 5.41) is 46.4. The Labute approximate surface area is 414 Å². The number of rotatable bonds is 16. The van der Waals surface area contributed by atoms with Crippen LogP contribution in [0.15, 0.2) is 83.4 Å². The lowest BCUT2D eigenvalue weighted by Crippen LogP contribution is -2.63. The first-order valence-corrected chi connectivity index (χ1v) is 24.0. The predicted octanol–water partition coefficient (Wildman–Crippen LogP) is 4.55. The second-order valence-electron chi connectivity index (χ2n) is 18.2. The number of carbonyl (C=O) groups is 6. The van der Waals surface area contributed by atoms with Gasteiger partial charge in [-0.15, -0.1) is 11.8 Å². The van der Waals surface area contributed by atoms with Crippen molar-refractivity contribution in [1.82, 2.24) is 24.9 Å². The van der Waals surface area contributed by atoms with Gasteiger partial charge in [-0.05, 0) is 85.7 Å². The van der Waals surface area contributed by atoms with Crippen molar-refractivity contribution >= 4 is 64.7 Å². The van der Waals surface area contributed by atoms with Crippen molar-refractivity contribution in [2.45, 2.75) is 94.9 Å². The topological polar surface area (TPSA) is 305 Å². The number of benzene rings is 3. The number of non-ortho nitro benzene ring substituents is 3. The number of esters is 1. The minimum absolute atomic E-state index is 0.0416. The maximum Gasteiger partial charge on any atom is 0.410 e. The van der Waals surface area contributed by atoms with Crippen molar-refractivity contribution in [3.63, 3.8) is 0 Å². The quantitative estimate of drug-likeness (QED) is 0.0653. The number of nitro benzene ring substituents is 3. The Hall–Kier alpha value is -7.67. The number of likely N-dealkylation sites (tertiary alicyclic amines) is 3. The standard InChI is InChI=1S/C47H50N8O16S/c1-26-39-38(27(2)56)44(59)52(39)40(45(60)69-23-28-5-11-32(12-6-28)53(63)64)41(26)72-35-20-37(51(22-35)47(62)71-25-30-9-15-34(16-10-30)55(67)68)43(58)49-19-17-31(21-49)48-42(57)36-4-3-18-50(36)46(61)70-24-29-7-13-33(14-8-29)54(65)66/h5-16,26-27,31,35-39,56H,3-4,17-25H2,1-2H3,(H,48,57)/t26-,27-,31+,35?,36+,37+,38-,39-/m1/s1. The normalized spacial score (nSPS) is 23.8. The summed E-state index contributed by atoms with van der Waals surface area (Å²) in [5.74, 6) is -3.51. The van der Waals surface area contributed by atoms with Crippen LogP contribution in [0.1, 0.15) is 56.2 Å². The predicted molar refractivity (Wildman–Crippen MR) is 251 cm³/mol. The van der Waals surface area contributed by atoms with E-state index < -0.39 is 98.0 Å². The van der Waals surface area contributed by atoms with Crippen LogP contribution in [0.3, 0.4) is 0 Å². The van der Waals surface area contributed by atoms with Crippen LogP contribution >= 0.6 is 11.8 Å². The summed E-state index contributed by atoms with van der Waals surface area (Å²) >= 11 is 1.20. The lowest BCUT2D eigenvalue weighted by atomic mass is 9.79. The molecule has 72 heavy (non-hydrogen) atoms. The molecule has 24 nitrogen and oxygen atoms in total. The first-order valence-electron chi connectivity index (χ1n) is 23.1. The molecule has 0 bridgehead atoms. The number of fused-ring (bicyclic) bond motifs is 1. The first-order chi connectivity index (χ1) is 34.4. The number of hydrogen-bond acceptors (Lipinski definition) is 17. The molecule has 1 unspecified atom stereocenters. The number of hydrogen-bond donors (Lipinski definition) is 2. The molecule has 8 rings (SSSR count). The summed E-state index contributed by atoms with van der Waals surface area (Å²) in [4.78, 5) is 120. The van der Waals surface area contributed by atoms with Gasteiger partial charge in [-0.1, -0.05) is 6.92 Å². The molecule has 8 atom stereocenters. The molecule has 3 aromatic rings. The van der Waals surface area contributed by atoms with Crippen molar-refractivity contribution in [3.8, 4) is 0 Å². The van der Waals surface area contributed by atoms with Crippen molar-refractivity contribution in [2.24, 2.45) is 11.8 Å². The molecular weight excluding hydrogens is 965 g/mol. The lowest BCUT2D eigenvalue weighted by molar-refractivity contribution is -0.385. The SMILES string of the molecule is C[C@@H](O)[C@H]1C(=O)N2C(C(=O)OCc3ccc([N+](=O)[O-])cc3)=C(SC3C[C@@H](C(=O)N4CC[C@H](NC(=O)[C@@H]5CCCN5C(=O)OCc5ccc([N+](=O)[O-])cc5)C4)N(C(=O)OCc4ccc([N+](=O)[O-])cc4)C3)[C@H](C)[C@H]12. The molecule has 380 valence electrons. The highest BCUT2D eigenvalue weighted by Gasteiger charge is 2.61. The van der Waals surface area contributed by atoms with Crippen molar-refractivity contribution in [3.05, 3.63) is 130 Å². The largest absolute Gasteiger partial charge is 0.456 e. The number of thioether (sulfide) groups is 1. The number of nitro groups is 3. The monoisotopic (exact) mass is 1010 g/mol. The van der Waals surface area contributed by atoms with Crippen LogP contribution in [-0.2, 0) is 53.2 Å². The number of carbonyl (C=O) groups excluding carboxylic acids is 6. The van der Waals surface area contributed by atoms with Gasteiger partial charge >= 0.3 is 18.2 Å². The zero-order valence-electron chi connectivity index (χ0n) is 38.9. The molecule has 5 aliphatic heterocycles. The van der Waals surface area contributed by atoms with Gasteiger partial charge in [0.2, 0.25) is 17.7 Å². The second kappa shape index (κ2) is 21.4. The summed E-state index contributed by atoms with van der Waals surface area (Å²) in [6.45, 7) is 3.08. The molecular formula is C47H50N8O16S. The summed E-state index contributed by atoms with van der Waals surface area (Å²) in [6, 6.07) is 13.3. The van der Waals surface area contributed by atoms with Crippen LogP contribution in [0.2, 0.25) is 0 Å². The van der Waals surface area contributed by atoms with Gasteiger partial charge in [0.15, 0.2) is 0 Å². The van der Waals surface area contributed by atoms with Crippen LogP contribution < -0.4 is 5.32 Å². The average molecular weight is 1020 g/mol. The Morgan fingerprint density at radius 3 is 1.76 bits per heavy atom. The number of nitrogens with zero attached hydrogens (tertiary/aromatic N) is 7. The minimum atomic E-state index is -1.09. The van der Waals surface area contributed by atoms with E-state index in [-0.39, 0.29) is 75.2 Å². The molecule has 0 aliphatic carbocycles. The number of nitrogens with one attached hydrogen (secondary N) is 1. The summed E-state index contributed by atoms with van der Waals surface area (Å²) in [5.41, 5.74) is 0.947. The molecule has 5 aliphatic rings. The third-order valence-electron chi connectivity index (χ3n) is 13.6. The second-order valence-corrected chi connectivity index (χ2v) is 19.5. The van der Waals surface area contributed by atoms with E-state index in [9.17, 15) is 64.2 Å². The fourth-order valence-corrected chi connectivity index (χ4v) is 11.3. The number of aliphatic hydroxyl groups excluding tert-OH is 1. The van der Waals surface area contributed by atoms with Gasteiger partial charge in [0.05, 0.1) is 32.8 Å². The van der Waals surface area contributed by atoms with Gasteiger partial charge < -0.3 is 34.4 Å². The Morgan fingerprint density at radius 1 is 0.736 bits per heavy atom. The van der Waals surface area contributed by atoms with Gasteiger partial charge in [-0.25, -0.2) is 14.4 Å². The van der Waals surface area contributed by atoms with E-state index >= 15 is 0 Å². The zero-order chi connectivity index (χ0) is 51.5. The van der Waals surface area contributed by atoms with Crippen molar-refractivity contribution < 1.29 is 62.9 Å². The third-order valence-corrected chi connectivity index (χ3v) is 15.0. The molecule has 2 N–H and O–H groups in total. The molecule has 5 amide bonds. The molecule has 0 aromatic heterocycles. The summed E-state index contributed by atoms with van der Waals surface area (Å²) in [6.07, 6.45) is -1.29. The van der Waals surface area contributed by atoms with Crippen LogP contribution in [0, 0.1) is 42.2 Å². The molecule has 0 spiro atoms. The molecule has 0 saturated carbocycles. The number of ether oxygens (including phenoxy) is 3. The third kappa shape index (κ3) is 10.7. The maximum absolute atomic E-state index is 14.6. The van der Waals surface area contributed by atoms with Gasteiger partial charge in [0, 0.05) is 84.7 Å². The summed E-state index contributed by atoms with van der Waals surface area (Å²) in [7, 11) is 0. The molecule has 4 saturated heterocycles. The maximum atomic E-state index is 14.6. The summed E-state index contributed by atoms with van der Waals surface area (Å²) < 4.78 is 16.8. The molecule has 4 fully saturated rings. The molecule has 5 heterocycles. The van der Waals surface area contributed by atoms with E-state index in [4.69, 9.17) is 14.2 Å². The van der Waals surface area contributed by atoms with Gasteiger partial charge in [-0.3, -0.25) is 54.5 Å². The Morgan fingerprint density at radius 2 is 1.25 bits per heavy atom. The van der Waals surface area contributed by atoms with Crippen molar-refractivity contribution in [2.75, 3.05) is 26.2 Å². The highest BCUT2D eigenvalue weighted by Crippen LogP contribution is 2.52. The van der Waals surface area contributed by atoms with Crippen LogP contribution in [0.5, 0.6) is 0 Å². The molecule has 3 aromatic carbocycles. The smallest absolute Gasteiger partial charge is 0.410 e. The van der Waals surface area contributed by atoms with Crippen LogP contribution in [0.4, 0.5) is 26.7 Å². The number of aliphatic hydroxyl groups is 1. The zero-order valence-corrected chi connectivity index (χ0v) is 39.8. The Kier molecular flexibility index (Phi) is 15.0. The van der Waals surface area contributed by atoms with Gasteiger partial charge in [-0.2, -0.15) is 0 Å². The average Bonchev–Trinajstić information content (AvgIpc) is 4.18. The Bertz CT molecular complexity index is 2690. The highest BCUT2D eigenvalue weighted by atomic mass is 32.2. The molecule has 25 heteroatoms. The number of β-lactam (4-membered cyclic amide) rings is 1. The Balaban J connectivity index is 0.958. The molecule has 0 radical (unpaired) electrons. The van der Waals surface area contributed by atoms with E-state index in [1.807, 2.05) is 0 Å². The van der Waals surface area contributed by atoms with Gasteiger partial charge in [0.1, 0.15) is 37.6 Å². The van der Waals surface area contributed by atoms with E-state index in [1.165, 1.54) is 111 Å². The van der Waals surface area contributed by atoms with E-state index in [1.54, 1.807) is 6.92 Å². The van der Waals surface area contributed by atoms with Crippen LogP contribution in [-0.4, -0.2) is 137 Å². The fraction of sp³-hybridized carbons (Fsp3) is 0.447. The van der Waals surface area contributed by atoms with E-state index in [0.29, 0.717) is 40.9 Å².